The van der Waals surface area contributed by atoms with E-state index in [-0.39, 0.29) is 30.1 Å². The number of aromatic nitrogens is 2. The SMILES string of the molecule is CC(C)c1ncc(S(=O)(=O)N(CCO)C2CC2)[nH]1. The Morgan fingerprint density at radius 1 is 1.56 bits per heavy atom. The molecule has 1 heterocycles. The zero-order valence-corrected chi connectivity index (χ0v) is 11.4. The number of nitrogens with one attached hydrogen (secondary N) is 1. The highest BCUT2D eigenvalue weighted by molar-refractivity contribution is 7.89. The van der Waals surface area contributed by atoms with Gasteiger partial charge in [-0.1, -0.05) is 13.8 Å². The van der Waals surface area contributed by atoms with Crippen LogP contribution in [0, 0.1) is 0 Å². The molecule has 2 N–H and O–H groups in total. The van der Waals surface area contributed by atoms with Crippen molar-refractivity contribution in [3.63, 3.8) is 0 Å². The Kier molecular flexibility index (Phi) is 3.74. The van der Waals surface area contributed by atoms with Gasteiger partial charge in [0.25, 0.3) is 10.0 Å². The van der Waals surface area contributed by atoms with Crippen molar-refractivity contribution in [3.05, 3.63) is 12.0 Å². The summed E-state index contributed by atoms with van der Waals surface area (Å²) in [5.74, 6) is 0.814. The summed E-state index contributed by atoms with van der Waals surface area (Å²) in [6.07, 6.45) is 3.09. The number of hydrogen-bond donors (Lipinski definition) is 2. The number of H-pyrrole nitrogens is 1. The number of rotatable bonds is 6. The molecular formula is C11H19N3O3S. The lowest BCUT2D eigenvalue weighted by Crippen LogP contribution is -2.35. The van der Waals surface area contributed by atoms with Crippen molar-refractivity contribution in [2.75, 3.05) is 13.2 Å². The average Bonchev–Trinajstić information content (AvgIpc) is 2.99. The normalized spacial score (nSPS) is 16.7. The van der Waals surface area contributed by atoms with E-state index >= 15 is 0 Å². The molecule has 1 aromatic heterocycles. The molecule has 1 aromatic rings. The molecule has 0 unspecified atom stereocenters. The summed E-state index contributed by atoms with van der Waals surface area (Å²) in [5.41, 5.74) is 0. The lowest BCUT2D eigenvalue weighted by molar-refractivity contribution is 0.250. The van der Waals surface area contributed by atoms with Gasteiger partial charge in [0.05, 0.1) is 12.8 Å². The highest BCUT2D eigenvalue weighted by Gasteiger charge is 2.38. The van der Waals surface area contributed by atoms with Crippen molar-refractivity contribution in [1.82, 2.24) is 14.3 Å². The zero-order valence-electron chi connectivity index (χ0n) is 10.6. The molecule has 1 aliphatic rings. The molecule has 0 atom stereocenters. The van der Waals surface area contributed by atoms with Gasteiger partial charge in [-0.05, 0) is 12.8 Å². The topological polar surface area (TPSA) is 86.3 Å². The molecule has 1 fully saturated rings. The molecule has 1 aliphatic carbocycles. The fraction of sp³-hybridized carbons (Fsp3) is 0.727. The van der Waals surface area contributed by atoms with Crippen LogP contribution in [0.2, 0.25) is 0 Å². The van der Waals surface area contributed by atoms with Crippen LogP contribution in [0.5, 0.6) is 0 Å². The fourth-order valence-corrected chi connectivity index (χ4v) is 3.43. The minimum absolute atomic E-state index is 0.0351. The van der Waals surface area contributed by atoms with Gasteiger partial charge < -0.3 is 10.1 Å². The molecular weight excluding hydrogens is 254 g/mol. The van der Waals surface area contributed by atoms with Gasteiger partial charge >= 0.3 is 0 Å². The summed E-state index contributed by atoms with van der Waals surface area (Å²) in [5, 5.41) is 9.10. The summed E-state index contributed by atoms with van der Waals surface area (Å²) in [6, 6.07) is 0.0351. The molecule has 0 saturated heterocycles. The third-order valence-corrected chi connectivity index (χ3v) is 4.84. The molecule has 0 aromatic carbocycles. The molecule has 0 spiro atoms. The van der Waals surface area contributed by atoms with Crippen LogP contribution in [-0.4, -0.2) is 47.0 Å². The molecule has 18 heavy (non-hydrogen) atoms. The van der Waals surface area contributed by atoms with Crippen LogP contribution in [0.25, 0.3) is 0 Å². The van der Waals surface area contributed by atoms with E-state index < -0.39 is 10.0 Å². The summed E-state index contributed by atoms with van der Waals surface area (Å²) < 4.78 is 26.1. The Labute approximate surface area is 107 Å². The van der Waals surface area contributed by atoms with Gasteiger partial charge in [-0.2, -0.15) is 4.31 Å². The number of nitrogens with zero attached hydrogens (tertiary/aromatic N) is 2. The fourth-order valence-electron chi connectivity index (χ4n) is 1.83. The first kappa shape index (κ1) is 13.5. The minimum atomic E-state index is -3.56. The number of hydrogen-bond acceptors (Lipinski definition) is 4. The van der Waals surface area contributed by atoms with Gasteiger partial charge in [-0.3, -0.25) is 0 Å². The van der Waals surface area contributed by atoms with Crippen molar-refractivity contribution < 1.29 is 13.5 Å². The van der Waals surface area contributed by atoms with Crippen molar-refractivity contribution in [1.29, 1.82) is 0 Å². The van der Waals surface area contributed by atoms with Crippen molar-refractivity contribution in [2.45, 2.75) is 43.7 Å². The van der Waals surface area contributed by atoms with Crippen LogP contribution in [0.3, 0.4) is 0 Å². The maximum absolute atomic E-state index is 12.4. The molecule has 6 nitrogen and oxygen atoms in total. The molecule has 102 valence electrons. The third kappa shape index (κ3) is 2.57. The van der Waals surface area contributed by atoms with Gasteiger partial charge in [-0.15, -0.1) is 0 Å². The van der Waals surface area contributed by atoms with Crippen molar-refractivity contribution >= 4 is 10.0 Å². The first-order valence-electron chi connectivity index (χ1n) is 6.14. The molecule has 1 saturated carbocycles. The Hall–Kier alpha value is -0.920. The first-order valence-corrected chi connectivity index (χ1v) is 7.58. The number of sulfonamides is 1. The van der Waals surface area contributed by atoms with Gasteiger partial charge in [0, 0.05) is 18.5 Å². The Balaban J connectivity index is 2.27. The second kappa shape index (κ2) is 4.99. The maximum Gasteiger partial charge on any atom is 0.260 e. The van der Waals surface area contributed by atoms with E-state index in [2.05, 4.69) is 9.97 Å². The van der Waals surface area contributed by atoms with E-state index in [0.29, 0.717) is 5.82 Å². The smallest absolute Gasteiger partial charge is 0.260 e. The zero-order chi connectivity index (χ0) is 13.3. The molecule has 0 radical (unpaired) electrons. The first-order chi connectivity index (χ1) is 8.46. The predicted octanol–water partition coefficient (Wildman–Crippen LogP) is 0.678. The second-order valence-electron chi connectivity index (χ2n) is 4.86. The summed E-state index contributed by atoms with van der Waals surface area (Å²) >= 11 is 0. The Morgan fingerprint density at radius 3 is 2.67 bits per heavy atom. The predicted molar refractivity (Wildman–Crippen MR) is 66.7 cm³/mol. The van der Waals surface area contributed by atoms with Gasteiger partial charge in [-0.25, -0.2) is 13.4 Å². The maximum atomic E-state index is 12.4. The third-order valence-electron chi connectivity index (χ3n) is 2.98. The minimum Gasteiger partial charge on any atom is -0.395 e. The number of aromatic amines is 1. The van der Waals surface area contributed by atoms with E-state index in [1.54, 1.807) is 0 Å². The largest absolute Gasteiger partial charge is 0.395 e. The molecule has 7 heteroatoms. The highest BCUT2D eigenvalue weighted by Crippen LogP contribution is 2.31. The van der Waals surface area contributed by atoms with Crippen LogP contribution in [0.15, 0.2) is 11.2 Å². The Morgan fingerprint density at radius 2 is 2.22 bits per heavy atom. The van der Waals surface area contributed by atoms with E-state index in [4.69, 9.17) is 5.11 Å². The summed E-state index contributed by atoms with van der Waals surface area (Å²) in [7, 11) is -3.56. The van der Waals surface area contributed by atoms with Crippen LogP contribution >= 0.6 is 0 Å². The quantitative estimate of drug-likeness (QED) is 0.798. The lowest BCUT2D eigenvalue weighted by Gasteiger charge is -2.19. The van der Waals surface area contributed by atoms with Crippen LogP contribution in [-0.2, 0) is 10.0 Å². The number of aliphatic hydroxyl groups excluding tert-OH is 1. The van der Waals surface area contributed by atoms with Crippen molar-refractivity contribution in [2.24, 2.45) is 0 Å². The summed E-state index contributed by atoms with van der Waals surface area (Å²) in [4.78, 5) is 6.93. The van der Waals surface area contributed by atoms with E-state index in [0.717, 1.165) is 12.8 Å². The standard InChI is InChI=1S/C11H19N3O3S/c1-8(2)11-12-7-10(13-11)18(16,17)14(5-6-15)9-3-4-9/h7-9,15H,3-6H2,1-2H3,(H,12,13). The monoisotopic (exact) mass is 273 g/mol. The van der Waals surface area contributed by atoms with Crippen LogP contribution < -0.4 is 0 Å². The van der Waals surface area contributed by atoms with Gasteiger partial charge in [0.2, 0.25) is 0 Å². The van der Waals surface area contributed by atoms with E-state index in [1.165, 1.54) is 10.5 Å². The molecule has 2 rings (SSSR count). The molecule has 0 amide bonds. The number of imidazole rings is 1. The molecule has 0 aliphatic heterocycles. The lowest BCUT2D eigenvalue weighted by atomic mass is 10.2. The molecule has 0 bridgehead atoms. The number of aliphatic hydroxyl groups is 1. The van der Waals surface area contributed by atoms with Crippen LogP contribution in [0.1, 0.15) is 38.4 Å². The van der Waals surface area contributed by atoms with Crippen LogP contribution in [0.4, 0.5) is 0 Å². The van der Waals surface area contributed by atoms with Crippen molar-refractivity contribution in [3.8, 4) is 0 Å². The van der Waals surface area contributed by atoms with E-state index in [9.17, 15) is 8.42 Å². The van der Waals surface area contributed by atoms with Gasteiger partial charge in [0.1, 0.15) is 5.82 Å². The summed E-state index contributed by atoms with van der Waals surface area (Å²) in [6.45, 7) is 3.87. The van der Waals surface area contributed by atoms with E-state index in [1.807, 2.05) is 13.8 Å². The highest BCUT2D eigenvalue weighted by atomic mass is 32.2. The average molecular weight is 273 g/mol. The Bertz CT molecular complexity index is 505. The second-order valence-corrected chi connectivity index (χ2v) is 6.72. The van der Waals surface area contributed by atoms with Gasteiger partial charge in [0.15, 0.2) is 5.03 Å².